The Kier molecular flexibility index (Phi) is 4.18. The molecule has 0 heterocycles. The second kappa shape index (κ2) is 6.26. The van der Waals surface area contributed by atoms with Crippen LogP contribution < -0.4 is 0 Å². The zero-order chi connectivity index (χ0) is 15.5. The molecule has 22 heavy (non-hydrogen) atoms. The molecule has 0 radical (unpaired) electrons. The summed E-state index contributed by atoms with van der Waals surface area (Å²) in [4.78, 5) is 12.5. The number of carbonyl (C=O) groups excluding carboxylic acids is 1. The van der Waals surface area contributed by atoms with E-state index in [9.17, 15) is 15.0 Å². The third kappa shape index (κ3) is 2.73. The summed E-state index contributed by atoms with van der Waals surface area (Å²) in [6.07, 6.45) is 0.428. The minimum atomic E-state index is -0.929. The van der Waals surface area contributed by atoms with Crippen LogP contribution in [0, 0.1) is 5.92 Å². The summed E-state index contributed by atoms with van der Waals surface area (Å²) in [5.74, 6) is -0.691. The van der Waals surface area contributed by atoms with Gasteiger partial charge in [0.1, 0.15) is 6.10 Å². The number of Topliss-reactive ketones (excluding diaryl/α,β-unsaturated/α-hetero) is 1. The van der Waals surface area contributed by atoms with E-state index in [1.54, 1.807) is 18.2 Å². The second-order valence-corrected chi connectivity index (χ2v) is 5.53. The van der Waals surface area contributed by atoms with Crippen molar-refractivity contribution in [3.05, 3.63) is 83.4 Å². The molecular formula is C19H18O3. The normalized spacial score (nSPS) is 20.5. The van der Waals surface area contributed by atoms with Crippen molar-refractivity contribution in [2.24, 2.45) is 5.92 Å². The minimum absolute atomic E-state index is 0.173. The van der Waals surface area contributed by atoms with Crippen molar-refractivity contribution in [3.8, 4) is 0 Å². The number of ketones is 1. The Morgan fingerprint density at radius 2 is 1.41 bits per heavy atom. The van der Waals surface area contributed by atoms with E-state index >= 15 is 0 Å². The van der Waals surface area contributed by atoms with E-state index in [-0.39, 0.29) is 5.78 Å². The van der Waals surface area contributed by atoms with Crippen molar-refractivity contribution in [3.63, 3.8) is 0 Å². The fraction of sp³-hybridized carbons (Fsp3) is 0.211. The first kappa shape index (κ1) is 14.7. The van der Waals surface area contributed by atoms with E-state index in [0.717, 1.165) is 5.56 Å². The number of rotatable bonds is 4. The molecule has 0 spiro atoms. The largest absolute Gasteiger partial charge is 0.388 e. The Balaban J connectivity index is 1.77. The fourth-order valence-corrected chi connectivity index (χ4v) is 2.89. The van der Waals surface area contributed by atoms with Gasteiger partial charge in [0.15, 0.2) is 5.78 Å². The molecule has 1 unspecified atom stereocenters. The number of carbonyl (C=O) groups is 1. The molecule has 2 N–H and O–H groups in total. The maximum Gasteiger partial charge on any atom is 0.167 e. The summed E-state index contributed by atoms with van der Waals surface area (Å²) >= 11 is 0. The highest BCUT2D eigenvalue weighted by molar-refractivity contribution is 6.01. The lowest BCUT2D eigenvalue weighted by Gasteiger charge is -2.19. The average Bonchev–Trinajstić information content (AvgIpc) is 2.96. The quantitative estimate of drug-likeness (QED) is 0.911. The third-order valence-corrected chi connectivity index (χ3v) is 4.15. The Bertz CT molecular complexity index is 676. The molecule has 3 atom stereocenters. The van der Waals surface area contributed by atoms with E-state index in [2.05, 4.69) is 0 Å². The standard InChI is InChI=1S/C19H18O3/c20-17(13-7-3-1-4-8-13)15-11-12-16(19(15)22)18(21)14-9-5-2-6-10-14/h1-11,16-18,20-21H,12H2/t16?,17-,18-/m1/s1. The van der Waals surface area contributed by atoms with Gasteiger partial charge in [-0.25, -0.2) is 0 Å². The minimum Gasteiger partial charge on any atom is -0.388 e. The number of hydrogen-bond donors (Lipinski definition) is 2. The van der Waals surface area contributed by atoms with Crippen molar-refractivity contribution in [1.29, 1.82) is 0 Å². The van der Waals surface area contributed by atoms with Crippen LogP contribution in [0.25, 0.3) is 0 Å². The molecule has 0 aromatic heterocycles. The molecular weight excluding hydrogens is 276 g/mol. The molecule has 112 valence electrons. The molecule has 0 amide bonds. The Labute approximate surface area is 129 Å². The van der Waals surface area contributed by atoms with Crippen LogP contribution in [0.5, 0.6) is 0 Å². The maximum atomic E-state index is 12.5. The van der Waals surface area contributed by atoms with Gasteiger partial charge in [0, 0.05) is 5.57 Å². The van der Waals surface area contributed by atoms with Gasteiger partial charge in [0.25, 0.3) is 0 Å². The first-order valence-corrected chi connectivity index (χ1v) is 7.39. The lowest BCUT2D eigenvalue weighted by molar-refractivity contribution is -0.122. The number of aliphatic hydroxyl groups excluding tert-OH is 2. The van der Waals surface area contributed by atoms with E-state index in [1.807, 2.05) is 48.5 Å². The van der Waals surface area contributed by atoms with Crippen LogP contribution in [0.2, 0.25) is 0 Å². The molecule has 0 aliphatic heterocycles. The molecule has 0 bridgehead atoms. The lowest BCUT2D eigenvalue weighted by Crippen LogP contribution is -2.21. The summed E-state index contributed by atoms with van der Waals surface area (Å²) < 4.78 is 0. The van der Waals surface area contributed by atoms with Crippen molar-refractivity contribution in [2.75, 3.05) is 0 Å². The molecule has 0 saturated carbocycles. The van der Waals surface area contributed by atoms with Gasteiger partial charge < -0.3 is 10.2 Å². The van der Waals surface area contributed by atoms with Crippen LogP contribution in [-0.4, -0.2) is 16.0 Å². The van der Waals surface area contributed by atoms with Crippen LogP contribution in [0.4, 0.5) is 0 Å². The van der Waals surface area contributed by atoms with Gasteiger partial charge in [-0.15, -0.1) is 0 Å². The van der Waals surface area contributed by atoms with Gasteiger partial charge in [-0.3, -0.25) is 4.79 Å². The molecule has 3 rings (SSSR count). The second-order valence-electron chi connectivity index (χ2n) is 5.53. The Morgan fingerprint density at radius 3 is 2.00 bits per heavy atom. The molecule has 1 aliphatic carbocycles. The smallest absolute Gasteiger partial charge is 0.167 e. The van der Waals surface area contributed by atoms with E-state index in [0.29, 0.717) is 17.6 Å². The first-order valence-electron chi connectivity index (χ1n) is 7.39. The van der Waals surface area contributed by atoms with Crippen molar-refractivity contribution in [2.45, 2.75) is 18.6 Å². The van der Waals surface area contributed by atoms with Crippen LogP contribution in [0.1, 0.15) is 29.8 Å². The van der Waals surface area contributed by atoms with Gasteiger partial charge in [0.05, 0.1) is 12.0 Å². The van der Waals surface area contributed by atoms with E-state index < -0.39 is 18.1 Å². The van der Waals surface area contributed by atoms with Gasteiger partial charge in [0.2, 0.25) is 0 Å². The zero-order valence-electron chi connectivity index (χ0n) is 12.1. The maximum absolute atomic E-state index is 12.5. The van der Waals surface area contributed by atoms with Crippen LogP contribution in [-0.2, 0) is 4.79 Å². The van der Waals surface area contributed by atoms with Crippen molar-refractivity contribution >= 4 is 5.78 Å². The zero-order valence-corrected chi connectivity index (χ0v) is 12.1. The Hall–Kier alpha value is -2.23. The topological polar surface area (TPSA) is 57.5 Å². The number of benzene rings is 2. The molecule has 2 aromatic rings. The summed E-state index contributed by atoms with van der Waals surface area (Å²) in [6.45, 7) is 0. The molecule has 0 saturated heterocycles. The van der Waals surface area contributed by atoms with Gasteiger partial charge in [-0.1, -0.05) is 66.7 Å². The number of hydrogen-bond acceptors (Lipinski definition) is 3. The molecule has 0 fully saturated rings. The SMILES string of the molecule is O=C1C([C@H](O)c2ccccc2)=CCC1[C@H](O)c1ccccc1. The monoisotopic (exact) mass is 294 g/mol. The number of aliphatic hydroxyl groups is 2. The fourth-order valence-electron chi connectivity index (χ4n) is 2.89. The summed E-state index contributed by atoms with van der Waals surface area (Å²) in [5.41, 5.74) is 1.80. The summed E-state index contributed by atoms with van der Waals surface area (Å²) in [5, 5.41) is 20.8. The molecule has 3 heteroatoms. The highest BCUT2D eigenvalue weighted by Crippen LogP contribution is 2.37. The van der Waals surface area contributed by atoms with Crippen LogP contribution in [0.3, 0.4) is 0 Å². The van der Waals surface area contributed by atoms with Crippen molar-refractivity contribution < 1.29 is 15.0 Å². The van der Waals surface area contributed by atoms with E-state index in [4.69, 9.17) is 0 Å². The summed E-state index contributed by atoms with van der Waals surface area (Å²) in [6, 6.07) is 18.3. The summed E-state index contributed by atoms with van der Waals surface area (Å²) in [7, 11) is 0. The molecule has 1 aliphatic rings. The van der Waals surface area contributed by atoms with Gasteiger partial charge >= 0.3 is 0 Å². The highest BCUT2D eigenvalue weighted by atomic mass is 16.3. The van der Waals surface area contributed by atoms with Crippen molar-refractivity contribution in [1.82, 2.24) is 0 Å². The number of allylic oxidation sites excluding steroid dienone is 1. The van der Waals surface area contributed by atoms with E-state index in [1.165, 1.54) is 0 Å². The third-order valence-electron chi connectivity index (χ3n) is 4.15. The predicted octanol–water partition coefficient (Wildman–Crippen LogP) is 2.97. The first-order chi connectivity index (χ1) is 10.7. The van der Waals surface area contributed by atoms with Crippen LogP contribution >= 0.6 is 0 Å². The van der Waals surface area contributed by atoms with Gasteiger partial charge in [-0.2, -0.15) is 0 Å². The Morgan fingerprint density at radius 1 is 0.864 bits per heavy atom. The van der Waals surface area contributed by atoms with Gasteiger partial charge in [-0.05, 0) is 17.5 Å². The highest BCUT2D eigenvalue weighted by Gasteiger charge is 2.36. The molecule has 2 aromatic carbocycles. The lowest BCUT2D eigenvalue weighted by atomic mass is 9.90. The van der Waals surface area contributed by atoms with Crippen LogP contribution in [0.15, 0.2) is 72.3 Å². The average molecular weight is 294 g/mol. The predicted molar refractivity (Wildman–Crippen MR) is 84.0 cm³/mol. The molecule has 3 nitrogen and oxygen atoms in total.